The highest BCUT2D eigenvalue weighted by Gasteiger charge is 2.20. The zero-order chi connectivity index (χ0) is 20.9. The van der Waals surface area contributed by atoms with Gasteiger partial charge in [-0.15, -0.1) is 24.0 Å². The van der Waals surface area contributed by atoms with Crippen LogP contribution in [-0.2, 0) is 6.54 Å². The first kappa shape index (κ1) is 26.8. The van der Waals surface area contributed by atoms with Crippen molar-refractivity contribution in [2.24, 2.45) is 4.99 Å². The van der Waals surface area contributed by atoms with Crippen LogP contribution in [0.3, 0.4) is 0 Å². The van der Waals surface area contributed by atoms with Gasteiger partial charge in [0.1, 0.15) is 0 Å². The third-order valence-electron chi connectivity index (χ3n) is 5.62. The van der Waals surface area contributed by atoms with Crippen LogP contribution in [0.4, 0.5) is 0 Å². The second kappa shape index (κ2) is 15.6. The number of halogens is 1. The standard InChI is InChI=1S/C23H40N4O2.HI/c1-5-27(6-2)17-10-9-16-25-23(24-3)26-18-19-12-11-15-21(28-4)22(19)29-20-13-7-8-14-20;/h11-12,15,20H,5-10,13-14,16-18H2,1-4H3,(H2,24,25,26);1H. The summed E-state index contributed by atoms with van der Waals surface area (Å²) in [7, 11) is 3.51. The summed E-state index contributed by atoms with van der Waals surface area (Å²) in [6.45, 7) is 9.42. The van der Waals surface area contributed by atoms with Gasteiger partial charge < -0.3 is 25.0 Å². The Morgan fingerprint density at radius 1 is 1.13 bits per heavy atom. The van der Waals surface area contributed by atoms with Gasteiger partial charge in [-0.1, -0.05) is 26.0 Å². The molecule has 0 aromatic heterocycles. The van der Waals surface area contributed by atoms with E-state index in [1.807, 2.05) is 19.2 Å². The van der Waals surface area contributed by atoms with Gasteiger partial charge in [0.2, 0.25) is 0 Å². The third-order valence-corrected chi connectivity index (χ3v) is 5.62. The van der Waals surface area contributed by atoms with Crippen LogP contribution in [0.25, 0.3) is 0 Å². The Morgan fingerprint density at radius 2 is 1.87 bits per heavy atom. The monoisotopic (exact) mass is 532 g/mol. The highest BCUT2D eigenvalue weighted by atomic mass is 127. The normalized spacial score (nSPS) is 14.5. The van der Waals surface area contributed by atoms with Crippen LogP contribution in [0.5, 0.6) is 11.5 Å². The Hall–Kier alpha value is -1.22. The molecule has 6 nitrogen and oxygen atoms in total. The van der Waals surface area contributed by atoms with E-state index in [-0.39, 0.29) is 24.0 Å². The molecule has 0 bridgehead atoms. The average molecular weight is 533 g/mol. The molecule has 0 saturated heterocycles. The molecule has 172 valence electrons. The van der Waals surface area contributed by atoms with Gasteiger partial charge in [0, 0.05) is 25.7 Å². The van der Waals surface area contributed by atoms with Crippen molar-refractivity contribution >= 4 is 29.9 Å². The Bertz CT molecular complexity index is 617. The molecule has 30 heavy (non-hydrogen) atoms. The zero-order valence-corrected chi connectivity index (χ0v) is 21.5. The maximum absolute atomic E-state index is 6.32. The van der Waals surface area contributed by atoms with E-state index in [0.717, 1.165) is 68.5 Å². The maximum Gasteiger partial charge on any atom is 0.191 e. The van der Waals surface area contributed by atoms with Gasteiger partial charge in [-0.05, 0) is 64.2 Å². The first-order valence-corrected chi connectivity index (χ1v) is 11.2. The zero-order valence-electron chi connectivity index (χ0n) is 19.2. The van der Waals surface area contributed by atoms with Crippen LogP contribution >= 0.6 is 24.0 Å². The molecule has 1 aromatic rings. The van der Waals surface area contributed by atoms with Crippen LogP contribution in [0.15, 0.2) is 23.2 Å². The van der Waals surface area contributed by atoms with Crippen molar-refractivity contribution in [3.05, 3.63) is 23.8 Å². The number of nitrogens with one attached hydrogen (secondary N) is 2. The summed E-state index contributed by atoms with van der Waals surface area (Å²) in [6.07, 6.45) is 7.38. The van der Waals surface area contributed by atoms with E-state index in [1.54, 1.807) is 7.11 Å². The lowest BCUT2D eigenvalue weighted by Crippen LogP contribution is -2.37. The molecule has 0 atom stereocenters. The molecule has 0 aliphatic heterocycles. The maximum atomic E-state index is 6.32. The molecule has 1 aromatic carbocycles. The Labute approximate surface area is 200 Å². The summed E-state index contributed by atoms with van der Waals surface area (Å²) in [5.41, 5.74) is 1.10. The molecular weight excluding hydrogens is 491 g/mol. The fourth-order valence-corrected chi connectivity index (χ4v) is 3.77. The van der Waals surface area contributed by atoms with Crippen molar-refractivity contribution in [3.63, 3.8) is 0 Å². The number of guanidine groups is 1. The average Bonchev–Trinajstić information content (AvgIpc) is 3.26. The van der Waals surface area contributed by atoms with Gasteiger partial charge in [0.15, 0.2) is 17.5 Å². The van der Waals surface area contributed by atoms with Crippen molar-refractivity contribution in [3.8, 4) is 11.5 Å². The van der Waals surface area contributed by atoms with E-state index in [9.17, 15) is 0 Å². The number of ether oxygens (including phenoxy) is 2. The minimum Gasteiger partial charge on any atom is -0.493 e. The van der Waals surface area contributed by atoms with E-state index < -0.39 is 0 Å². The Morgan fingerprint density at radius 3 is 2.50 bits per heavy atom. The first-order valence-electron chi connectivity index (χ1n) is 11.2. The van der Waals surface area contributed by atoms with E-state index in [1.165, 1.54) is 19.3 Å². The van der Waals surface area contributed by atoms with Crippen LogP contribution < -0.4 is 20.1 Å². The van der Waals surface area contributed by atoms with E-state index in [4.69, 9.17) is 9.47 Å². The predicted molar refractivity (Wildman–Crippen MR) is 137 cm³/mol. The summed E-state index contributed by atoms with van der Waals surface area (Å²) in [4.78, 5) is 6.82. The number of unbranched alkanes of at least 4 members (excludes halogenated alkanes) is 1. The number of nitrogens with zero attached hydrogens (tertiary/aromatic N) is 2. The SMILES string of the molecule is CCN(CC)CCCCNC(=NC)NCc1cccc(OC)c1OC1CCCC1.I. The molecule has 2 N–H and O–H groups in total. The lowest BCUT2D eigenvalue weighted by atomic mass is 10.1. The first-order chi connectivity index (χ1) is 14.2. The summed E-state index contributed by atoms with van der Waals surface area (Å²) in [6, 6.07) is 6.08. The number of aliphatic imine (C=N–C) groups is 1. The molecule has 1 aliphatic rings. The number of para-hydroxylation sites is 1. The van der Waals surface area contributed by atoms with E-state index in [0.29, 0.717) is 12.6 Å². The van der Waals surface area contributed by atoms with E-state index >= 15 is 0 Å². The molecule has 7 heteroatoms. The van der Waals surface area contributed by atoms with Crippen LogP contribution in [-0.4, -0.2) is 57.3 Å². The molecule has 0 radical (unpaired) electrons. The summed E-state index contributed by atoms with van der Waals surface area (Å²) >= 11 is 0. The summed E-state index contributed by atoms with van der Waals surface area (Å²) in [5.74, 6) is 2.49. The molecule has 1 fully saturated rings. The third kappa shape index (κ3) is 8.88. The van der Waals surface area contributed by atoms with Crippen molar-refractivity contribution in [2.45, 2.75) is 65.0 Å². The topological polar surface area (TPSA) is 58.1 Å². The Balaban J connectivity index is 0.00000450. The van der Waals surface area contributed by atoms with Gasteiger partial charge in [-0.3, -0.25) is 4.99 Å². The fraction of sp³-hybridized carbons (Fsp3) is 0.696. The second-order valence-electron chi connectivity index (χ2n) is 7.56. The molecule has 0 spiro atoms. The quantitative estimate of drug-likeness (QED) is 0.181. The number of methoxy groups -OCH3 is 1. The predicted octanol–water partition coefficient (Wildman–Crippen LogP) is 4.42. The van der Waals surface area contributed by atoms with Crippen molar-refractivity contribution in [1.82, 2.24) is 15.5 Å². The molecule has 0 unspecified atom stereocenters. The number of benzene rings is 1. The molecule has 0 heterocycles. The lowest BCUT2D eigenvalue weighted by molar-refractivity contribution is 0.198. The molecule has 1 saturated carbocycles. The minimum atomic E-state index is 0. The largest absolute Gasteiger partial charge is 0.493 e. The molecule has 0 amide bonds. The number of rotatable bonds is 12. The van der Waals surface area contributed by atoms with Gasteiger partial charge in [-0.25, -0.2) is 0 Å². The highest BCUT2D eigenvalue weighted by molar-refractivity contribution is 14.0. The minimum absolute atomic E-state index is 0. The number of hydrogen-bond donors (Lipinski definition) is 2. The highest BCUT2D eigenvalue weighted by Crippen LogP contribution is 2.34. The van der Waals surface area contributed by atoms with Crippen molar-refractivity contribution in [1.29, 1.82) is 0 Å². The summed E-state index contributed by atoms with van der Waals surface area (Å²) in [5, 5.41) is 6.84. The van der Waals surface area contributed by atoms with Crippen LogP contribution in [0.1, 0.15) is 57.9 Å². The van der Waals surface area contributed by atoms with Gasteiger partial charge in [-0.2, -0.15) is 0 Å². The number of hydrogen-bond acceptors (Lipinski definition) is 4. The summed E-state index contributed by atoms with van der Waals surface area (Å²) < 4.78 is 11.9. The van der Waals surface area contributed by atoms with Crippen molar-refractivity contribution < 1.29 is 9.47 Å². The molecule has 1 aliphatic carbocycles. The molecular formula is C23H41IN4O2. The fourth-order valence-electron chi connectivity index (χ4n) is 3.77. The van der Waals surface area contributed by atoms with Gasteiger partial charge in [0.05, 0.1) is 13.2 Å². The van der Waals surface area contributed by atoms with Gasteiger partial charge >= 0.3 is 0 Å². The van der Waals surface area contributed by atoms with Crippen LogP contribution in [0.2, 0.25) is 0 Å². The molecule has 2 rings (SSSR count). The van der Waals surface area contributed by atoms with E-state index in [2.05, 4.69) is 40.4 Å². The second-order valence-corrected chi connectivity index (χ2v) is 7.56. The van der Waals surface area contributed by atoms with Crippen molar-refractivity contribution in [2.75, 3.05) is 40.3 Å². The Kier molecular flexibility index (Phi) is 13.9. The van der Waals surface area contributed by atoms with Crippen LogP contribution in [0, 0.1) is 0 Å². The van der Waals surface area contributed by atoms with Gasteiger partial charge in [0.25, 0.3) is 0 Å². The smallest absolute Gasteiger partial charge is 0.191 e. The lowest BCUT2D eigenvalue weighted by Gasteiger charge is -2.20.